The van der Waals surface area contributed by atoms with Gasteiger partial charge in [0.2, 0.25) is 0 Å². The average Bonchev–Trinajstić information content (AvgIpc) is 2.11. The Labute approximate surface area is 60.4 Å². The minimum atomic E-state index is 0.0214. The van der Waals surface area contributed by atoms with Gasteiger partial charge in [-0.25, -0.2) is 0 Å². The molecule has 0 radical (unpaired) electrons. The van der Waals surface area contributed by atoms with Crippen LogP contribution in [-0.4, -0.2) is 10.4 Å². The maximum Gasteiger partial charge on any atom is 0.165 e. The summed E-state index contributed by atoms with van der Waals surface area (Å²) in [6.07, 6.45) is 0. The molecule has 1 aromatic rings. The lowest BCUT2D eigenvalue weighted by atomic mass is 9.92. The van der Waals surface area contributed by atoms with Crippen LogP contribution >= 0.6 is 0 Å². The Hall–Kier alpha value is -0.860. The highest BCUT2D eigenvalue weighted by Gasteiger charge is 2.21. The van der Waals surface area contributed by atoms with E-state index in [2.05, 4.69) is 31.1 Å². The second-order valence-electron chi connectivity index (χ2n) is 3.44. The molecule has 0 unspecified atom stereocenters. The number of aryl methyl sites for hydroxylation is 1. The standard InChI is InChI=1S/C7H12N2O/c1-5-6(7(2,3)4)10-9-8-5/h1-4H3. The molecule has 0 atom stereocenters. The minimum Gasteiger partial charge on any atom is -0.341 e. The van der Waals surface area contributed by atoms with Gasteiger partial charge in [0, 0.05) is 10.7 Å². The highest BCUT2D eigenvalue weighted by Crippen LogP contribution is 2.22. The van der Waals surface area contributed by atoms with Gasteiger partial charge in [0.1, 0.15) is 5.69 Å². The zero-order chi connectivity index (χ0) is 7.78. The monoisotopic (exact) mass is 140 g/mol. The van der Waals surface area contributed by atoms with Crippen LogP contribution in [0.25, 0.3) is 0 Å². The lowest BCUT2D eigenvalue weighted by Crippen LogP contribution is -2.11. The van der Waals surface area contributed by atoms with Gasteiger partial charge in [-0.15, -0.1) is 5.10 Å². The molecule has 0 spiro atoms. The van der Waals surface area contributed by atoms with Crippen LogP contribution in [0.1, 0.15) is 32.2 Å². The van der Waals surface area contributed by atoms with E-state index in [0.717, 1.165) is 11.5 Å². The zero-order valence-corrected chi connectivity index (χ0v) is 6.80. The third-order valence-corrected chi connectivity index (χ3v) is 1.33. The van der Waals surface area contributed by atoms with Crippen LogP contribution in [-0.2, 0) is 5.41 Å². The Morgan fingerprint density at radius 3 is 2.10 bits per heavy atom. The predicted molar refractivity (Wildman–Crippen MR) is 37.7 cm³/mol. The van der Waals surface area contributed by atoms with E-state index in [9.17, 15) is 0 Å². The van der Waals surface area contributed by atoms with Gasteiger partial charge in [0.25, 0.3) is 0 Å². The number of hydrogen-bond donors (Lipinski definition) is 0. The van der Waals surface area contributed by atoms with E-state index in [-0.39, 0.29) is 5.41 Å². The summed E-state index contributed by atoms with van der Waals surface area (Å²) >= 11 is 0. The fraction of sp³-hybridized carbons (Fsp3) is 0.714. The summed E-state index contributed by atoms with van der Waals surface area (Å²) in [5.74, 6) is 0.868. The number of hydrogen-bond acceptors (Lipinski definition) is 3. The van der Waals surface area contributed by atoms with Gasteiger partial charge >= 0.3 is 0 Å². The molecular formula is C7H12N2O. The molecule has 0 bridgehead atoms. The molecule has 1 rings (SSSR count). The molecule has 0 N–H and O–H groups in total. The summed E-state index contributed by atoms with van der Waals surface area (Å²) in [7, 11) is 0. The van der Waals surface area contributed by atoms with E-state index < -0.39 is 0 Å². The topological polar surface area (TPSA) is 38.9 Å². The molecular weight excluding hydrogens is 128 g/mol. The Kier molecular flexibility index (Phi) is 1.50. The predicted octanol–water partition coefficient (Wildman–Crippen LogP) is 1.68. The lowest BCUT2D eigenvalue weighted by molar-refractivity contribution is 0.315. The van der Waals surface area contributed by atoms with Gasteiger partial charge in [-0.3, -0.25) is 0 Å². The van der Waals surface area contributed by atoms with E-state index in [4.69, 9.17) is 4.52 Å². The van der Waals surface area contributed by atoms with E-state index >= 15 is 0 Å². The molecule has 0 aliphatic carbocycles. The first-order valence-corrected chi connectivity index (χ1v) is 3.31. The van der Waals surface area contributed by atoms with Crippen molar-refractivity contribution >= 4 is 0 Å². The van der Waals surface area contributed by atoms with Gasteiger partial charge < -0.3 is 4.52 Å². The molecule has 3 heteroatoms. The molecule has 3 nitrogen and oxygen atoms in total. The molecule has 56 valence electrons. The first-order valence-electron chi connectivity index (χ1n) is 3.31. The first kappa shape index (κ1) is 7.25. The number of nitrogens with zero attached hydrogens (tertiary/aromatic N) is 2. The molecule has 0 amide bonds. The molecule has 1 heterocycles. The third-order valence-electron chi connectivity index (χ3n) is 1.33. The summed E-state index contributed by atoms with van der Waals surface area (Å²) < 4.78 is 4.97. The van der Waals surface area contributed by atoms with Crippen LogP contribution in [0.3, 0.4) is 0 Å². The van der Waals surface area contributed by atoms with Gasteiger partial charge in [0.15, 0.2) is 5.76 Å². The largest absolute Gasteiger partial charge is 0.341 e. The average molecular weight is 140 g/mol. The van der Waals surface area contributed by atoms with Crippen molar-refractivity contribution in [2.24, 2.45) is 0 Å². The second-order valence-corrected chi connectivity index (χ2v) is 3.44. The lowest BCUT2D eigenvalue weighted by Gasteiger charge is -2.12. The zero-order valence-electron chi connectivity index (χ0n) is 6.80. The van der Waals surface area contributed by atoms with Gasteiger partial charge in [-0.1, -0.05) is 20.8 Å². The molecule has 0 aliphatic heterocycles. The summed E-state index contributed by atoms with van der Waals surface area (Å²) in [6, 6.07) is 0. The van der Waals surface area contributed by atoms with E-state index in [0.29, 0.717) is 0 Å². The third kappa shape index (κ3) is 1.17. The summed E-state index contributed by atoms with van der Waals surface area (Å²) in [6.45, 7) is 8.11. The molecule has 0 fully saturated rings. The Morgan fingerprint density at radius 2 is 1.90 bits per heavy atom. The van der Waals surface area contributed by atoms with Crippen molar-refractivity contribution in [3.8, 4) is 0 Å². The SMILES string of the molecule is Cc1nnoc1C(C)(C)C. The van der Waals surface area contributed by atoms with Crippen LogP contribution < -0.4 is 0 Å². The molecule has 1 aromatic heterocycles. The van der Waals surface area contributed by atoms with Gasteiger partial charge in [0.05, 0.1) is 0 Å². The molecule has 10 heavy (non-hydrogen) atoms. The number of aromatic nitrogens is 2. The molecule has 0 aliphatic rings. The quantitative estimate of drug-likeness (QED) is 0.550. The Morgan fingerprint density at radius 1 is 1.30 bits per heavy atom. The van der Waals surface area contributed by atoms with E-state index in [1.165, 1.54) is 0 Å². The first-order chi connectivity index (χ1) is 4.52. The fourth-order valence-corrected chi connectivity index (χ4v) is 0.914. The molecule has 0 saturated carbocycles. The van der Waals surface area contributed by atoms with Gasteiger partial charge in [-0.2, -0.15) is 0 Å². The van der Waals surface area contributed by atoms with Crippen molar-refractivity contribution in [3.63, 3.8) is 0 Å². The summed E-state index contributed by atoms with van der Waals surface area (Å²) in [4.78, 5) is 0. The fourth-order valence-electron chi connectivity index (χ4n) is 0.914. The molecule has 0 saturated heterocycles. The van der Waals surface area contributed by atoms with Crippen LogP contribution in [0.4, 0.5) is 0 Å². The maximum atomic E-state index is 4.97. The van der Waals surface area contributed by atoms with Crippen molar-refractivity contribution in [1.29, 1.82) is 0 Å². The van der Waals surface area contributed by atoms with Gasteiger partial charge in [-0.05, 0) is 6.92 Å². The van der Waals surface area contributed by atoms with Crippen molar-refractivity contribution in [1.82, 2.24) is 10.4 Å². The van der Waals surface area contributed by atoms with Crippen molar-refractivity contribution in [2.45, 2.75) is 33.1 Å². The second kappa shape index (κ2) is 2.08. The van der Waals surface area contributed by atoms with Crippen molar-refractivity contribution in [2.75, 3.05) is 0 Å². The van der Waals surface area contributed by atoms with Crippen LogP contribution in [0.15, 0.2) is 4.52 Å². The Bertz CT molecular complexity index is 222. The van der Waals surface area contributed by atoms with Crippen LogP contribution in [0.5, 0.6) is 0 Å². The summed E-state index contributed by atoms with van der Waals surface area (Å²) in [5.41, 5.74) is 0.903. The highest BCUT2D eigenvalue weighted by molar-refractivity contribution is 5.12. The molecule has 0 aromatic carbocycles. The highest BCUT2D eigenvalue weighted by atomic mass is 16.5. The van der Waals surface area contributed by atoms with E-state index in [1.807, 2.05) is 6.92 Å². The normalized spacial score (nSPS) is 12.0. The number of rotatable bonds is 0. The van der Waals surface area contributed by atoms with E-state index in [1.54, 1.807) is 0 Å². The van der Waals surface area contributed by atoms with Crippen molar-refractivity contribution in [3.05, 3.63) is 11.5 Å². The van der Waals surface area contributed by atoms with Crippen LogP contribution in [0, 0.1) is 6.92 Å². The van der Waals surface area contributed by atoms with Crippen LogP contribution in [0.2, 0.25) is 0 Å². The Balaban J connectivity index is 3.05. The maximum absolute atomic E-state index is 4.97. The smallest absolute Gasteiger partial charge is 0.165 e. The minimum absolute atomic E-state index is 0.0214. The summed E-state index contributed by atoms with van der Waals surface area (Å²) in [5, 5.41) is 7.23. The van der Waals surface area contributed by atoms with Crippen molar-refractivity contribution < 1.29 is 4.52 Å².